The van der Waals surface area contributed by atoms with Gasteiger partial charge in [0, 0.05) is 19.2 Å². The molecule has 1 amide bonds. The van der Waals surface area contributed by atoms with Gasteiger partial charge in [0.2, 0.25) is 0 Å². The van der Waals surface area contributed by atoms with Crippen LogP contribution in [0.25, 0.3) is 0 Å². The van der Waals surface area contributed by atoms with Gasteiger partial charge in [0.15, 0.2) is 0 Å². The van der Waals surface area contributed by atoms with Crippen molar-refractivity contribution in [2.75, 3.05) is 13.1 Å². The highest BCUT2D eigenvalue weighted by molar-refractivity contribution is 5.94. The zero-order chi connectivity index (χ0) is 14.0. The fraction of sp³-hybridized carbons (Fsp3) is 0.462. The fourth-order valence-electron chi connectivity index (χ4n) is 2.17. The van der Waals surface area contributed by atoms with Crippen molar-refractivity contribution in [2.45, 2.75) is 19.8 Å². The van der Waals surface area contributed by atoms with Crippen LogP contribution in [0.5, 0.6) is 0 Å². The van der Waals surface area contributed by atoms with Crippen molar-refractivity contribution in [3.63, 3.8) is 0 Å². The van der Waals surface area contributed by atoms with Crippen molar-refractivity contribution >= 4 is 11.6 Å². The number of hydrogen-bond donors (Lipinski definition) is 0. The van der Waals surface area contributed by atoms with Crippen LogP contribution in [0.15, 0.2) is 18.2 Å². The summed E-state index contributed by atoms with van der Waals surface area (Å²) in [6, 6.07) is 3.14. The highest BCUT2D eigenvalue weighted by atomic mass is 19.1. The van der Waals surface area contributed by atoms with Crippen LogP contribution >= 0.6 is 0 Å². The molecular formula is C13H15FN2O3. The summed E-state index contributed by atoms with van der Waals surface area (Å²) in [5, 5.41) is 10.5. The molecule has 0 bridgehead atoms. The van der Waals surface area contributed by atoms with Crippen molar-refractivity contribution < 1.29 is 14.1 Å². The molecule has 6 heteroatoms. The predicted molar refractivity (Wildman–Crippen MR) is 67.4 cm³/mol. The molecule has 0 unspecified atom stereocenters. The number of carbonyl (C=O) groups excluding carboxylic acids is 1. The molecule has 0 N–H and O–H groups in total. The van der Waals surface area contributed by atoms with Crippen LogP contribution in [0.1, 0.15) is 30.1 Å². The first-order valence-corrected chi connectivity index (χ1v) is 6.22. The summed E-state index contributed by atoms with van der Waals surface area (Å²) in [6.07, 6.45) is 1.81. The zero-order valence-corrected chi connectivity index (χ0v) is 10.6. The van der Waals surface area contributed by atoms with Gasteiger partial charge in [-0.25, -0.2) is 4.39 Å². The zero-order valence-electron chi connectivity index (χ0n) is 10.6. The number of amides is 1. The standard InChI is InChI=1S/C13H15FN2O3/c1-9-4-6-15(7-5-9)13(17)11-3-2-10(16(18)19)8-12(11)14/h2-3,8-9H,4-7H2,1H3. The van der Waals surface area contributed by atoms with E-state index in [0.29, 0.717) is 19.0 Å². The molecule has 1 aliphatic rings. The number of non-ortho nitro benzene ring substituents is 1. The second-order valence-corrected chi connectivity index (χ2v) is 4.90. The Balaban J connectivity index is 2.17. The molecule has 2 rings (SSSR count). The Morgan fingerprint density at radius 3 is 2.58 bits per heavy atom. The Hall–Kier alpha value is -1.98. The molecule has 5 nitrogen and oxygen atoms in total. The Morgan fingerprint density at radius 1 is 1.42 bits per heavy atom. The van der Waals surface area contributed by atoms with Crippen LogP contribution in [-0.4, -0.2) is 28.8 Å². The molecule has 0 saturated carbocycles. The summed E-state index contributed by atoms with van der Waals surface area (Å²) in [5.74, 6) is -0.650. The second kappa shape index (κ2) is 5.34. The lowest BCUT2D eigenvalue weighted by molar-refractivity contribution is -0.385. The minimum absolute atomic E-state index is 0.0971. The maximum Gasteiger partial charge on any atom is 0.272 e. The van der Waals surface area contributed by atoms with E-state index in [2.05, 4.69) is 6.92 Å². The molecule has 0 aromatic heterocycles. The highest BCUT2D eigenvalue weighted by Gasteiger charge is 2.24. The van der Waals surface area contributed by atoms with Gasteiger partial charge in [-0.3, -0.25) is 14.9 Å². The van der Waals surface area contributed by atoms with Crippen LogP contribution in [0.3, 0.4) is 0 Å². The number of nitrogens with zero attached hydrogens (tertiary/aromatic N) is 2. The minimum Gasteiger partial charge on any atom is -0.339 e. The van der Waals surface area contributed by atoms with E-state index < -0.39 is 10.7 Å². The second-order valence-electron chi connectivity index (χ2n) is 4.90. The first-order valence-electron chi connectivity index (χ1n) is 6.22. The average Bonchev–Trinajstić information content (AvgIpc) is 2.38. The van der Waals surface area contributed by atoms with Crippen LogP contribution in [-0.2, 0) is 0 Å². The molecule has 1 aliphatic heterocycles. The topological polar surface area (TPSA) is 63.5 Å². The quantitative estimate of drug-likeness (QED) is 0.610. The monoisotopic (exact) mass is 266 g/mol. The number of hydrogen-bond acceptors (Lipinski definition) is 3. The highest BCUT2D eigenvalue weighted by Crippen LogP contribution is 2.21. The van der Waals surface area contributed by atoms with E-state index in [0.717, 1.165) is 25.0 Å². The molecule has 0 aliphatic carbocycles. The van der Waals surface area contributed by atoms with Crippen molar-refractivity contribution in [2.24, 2.45) is 5.92 Å². The number of rotatable bonds is 2. The molecule has 1 heterocycles. The van der Waals surface area contributed by atoms with Gasteiger partial charge in [-0.1, -0.05) is 6.92 Å². The number of halogens is 1. The third kappa shape index (κ3) is 2.89. The Bertz CT molecular complexity index is 511. The molecule has 1 aromatic carbocycles. The molecule has 0 radical (unpaired) electrons. The molecule has 1 aromatic rings. The third-order valence-corrected chi connectivity index (χ3v) is 3.46. The minimum atomic E-state index is -0.835. The molecule has 1 saturated heterocycles. The lowest BCUT2D eigenvalue weighted by atomic mass is 9.98. The number of likely N-dealkylation sites (tertiary alicyclic amines) is 1. The smallest absolute Gasteiger partial charge is 0.272 e. The number of piperidine rings is 1. The summed E-state index contributed by atoms with van der Waals surface area (Å²) >= 11 is 0. The number of nitro groups is 1. The van der Waals surface area contributed by atoms with E-state index in [-0.39, 0.29) is 17.2 Å². The van der Waals surface area contributed by atoms with Gasteiger partial charge in [0.25, 0.3) is 11.6 Å². The van der Waals surface area contributed by atoms with Crippen molar-refractivity contribution in [1.29, 1.82) is 0 Å². The van der Waals surface area contributed by atoms with Crippen LogP contribution in [0, 0.1) is 21.8 Å². The van der Waals surface area contributed by atoms with Gasteiger partial charge in [-0.15, -0.1) is 0 Å². The van der Waals surface area contributed by atoms with Gasteiger partial charge in [0.1, 0.15) is 5.82 Å². The summed E-state index contributed by atoms with van der Waals surface area (Å²) in [4.78, 5) is 23.6. The molecule has 0 atom stereocenters. The summed E-state index contributed by atoms with van der Waals surface area (Å²) < 4.78 is 13.7. The van der Waals surface area contributed by atoms with E-state index in [1.807, 2.05) is 0 Å². The lowest BCUT2D eigenvalue weighted by Gasteiger charge is -2.30. The molecule has 102 valence electrons. The SMILES string of the molecule is CC1CCN(C(=O)c2ccc([N+](=O)[O-])cc2F)CC1. The number of carbonyl (C=O) groups is 1. The van der Waals surface area contributed by atoms with E-state index in [1.165, 1.54) is 6.07 Å². The fourth-order valence-corrected chi connectivity index (χ4v) is 2.17. The molecule has 19 heavy (non-hydrogen) atoms. The first-order chi connectivity index (χ1) is 8.99. The van der Waals surface area contributed by atoms with Gasteiger partial charge in [-0.2, -0.15) is 0 Å². The third-order valence-electron chi connectivity index (χ3n) is 3.46. The van der Waals surface area contributed by atoms with Crippen molar-refractivity contribution in [3.05, 3.63) is 39.7 Å². The predicted octanol–water partition coefficient (Wildman–Crippen LogP) is 2.61. The van der Waals surface area contributed by atoms with Gasteiger partial charge >= 0.3 is 0 Å². The van der Waals surface area contributed by atoms with Gasteiger partial charge < -0.3 is 4.90 Å². The van der Waals surface area contributed by atoms with Crippen LogP contribution < -0.4 is 0 Å². The lowest BCUT2D eigenvalue weighted by Crippen LogP contribution is -2.38. The van der Waals surface area contributed by atoms with E-state index in [1.54, 1.807) is 4.90 Å². The summed E-state index contributed by atoms with van der Waals surface area (Å²) in [7, 11) is 0. The summed E-state index contributed by atoms with van der Waals surface area (Å²) in [6.45, 7) is 3.33. The van der Waals surface area contributed by atoms with E-state index in [9.17, 15) is 19.3 Å². The largest absolute Gasteiger partial charge is 0.339 e. The maximum atomic E-state index is 13.7. The van der Waals surface area contributed by atoms with Gasteiger partial charge in [-0.05, 0) is 24.8 Å². The van der Waals surface area contributed by atoms with E-state index >= 15 is 0 Å². The number of nitro benzene ring substituents is 1. The van der Waals surface area contributed by atoms with E-state index in [4.69, 9.17) is 0 Å². The van der Waals surface area contributed by atoms with Crippen molar-refractivity contribution in [1.82, 2.24) is 4.90 Å². The maximum absolute atomic E-state index is 13.7. The van der Waals surface area contributed by atoms with Crippen LogP contribution in [0.2, 0.25) is 0 Å². The summed E-state index contributed by atoms with van der Waals surface area (Å²) in [5.41, 5.74) is -0.443. The number of benzene rings is 1. The Kier molecular flexibility index (Phi) is 3.78. The van der Waals surface area contributed by atoms with Gasteiger partial charge in [0.05, 0.1) is 16.6 Å². The average molecular weight is 266 g/mol. The van der Waals surface area contributed by atoms with Crippen molar-refractivity contribution in [3.8, 4) is 0 Å². The van der Waals surface area contributed by atoms with Crippen LogP contribution in [0.4, 0.5) is 10.1 Å². The Morgan fingerprint density at radius 2 is 2.05 bits per heavy atom. The normalized spacial score (nSPS) is 16.4. The first kappa shape index (κ1) is 13.5. The molecule has 0 spiro atoms. The molecule has 1 fully saturated rings. The Labute approximate surface area is 110 Å². The molecular weight excluding hydrogens is 251 g/mol.